The molecule has 0 saturated heterocycles. The Bertz CT molecular complexity index is 887. The third-order valence-corrected chi connectivity index (χ3v) is 4.71. The van der Waals surface area contributed by atoms with Crippen molar-refractivity contribution in [3.05, 3.63) is 58.9 Å². The summed E-state index contributed by atoms with van der Waals surface area (Å²) in [6.45, 7) is 13.3. The van der Waals surface area contributed by atoms with E-state index in [1.54, 1.807) is 0 Å². The topological polar surface area (TPSA) is 46.8 Å². The first-order valence-corrected chi connectivity index (χ1v) is 12.4. The van der Waals surface area contributed by atoms with Crippen LogP contribution in [0.2, 0.25) is 0 Å². The van der Waals surface area contributed by atoms with E-state index in [2.05, 4.69) is 52.8 Å². The average Bonchev–Trinajstić information content (AvgIpc) is 3.16. The number of para-hydroxylation sites is 1. The molecule has 0 saturated carbocycles. The molecule has 4 nitrogen and oxygen atoms in total. The summed E-state index contributed by atoms with van der Waals surface area (Å²) in [4.78, 5) is 14.3. The third kappa shape index (κ3) is 6.55. The van der Waals surface area contributed by atoms with Crippen molar-refractivity contribution in [2.24, 2.45) is 15.4 Å². The summed E-state index contributed by atoms with van der Waals surface area (Å²) < 4.78 is 5.82. The van der Waals surface area contributed by atoms with Gasteiger partial charge in [-0.15, -0.1) is 0 Å². The second-order valence-electron chi connectivity index (χ2n) is 8.02. The zero-order valence-electron chi connectivity index (χ0n) is 17.6. The summed E-state index contributed by atoms with van der Waals surface area (Å²) in [6, 6.07) is 12.3. The van der Waals surface area contributed by atoms with Gasteiger partial charge in [0.15, 0.2) is 0 Å². The van der Waals surface area contributed by atoms with E-state index < -0.39 is 0 Å². The zero-order valence-corrected chi connectivity index (χ0v) is 20.2. The van der Waals surface area contributed by atoms with Crippen LogP contribution in [0.4, 0.5) is 5.69 Å². The number of ether oxygens (including phenoxy) is 1. The molecule has 1 atom stereocenters. The fraction of sp³-hybridized carbons (Fsp3) is 0.409. The Morgan fingerprint density at radius 1 is 1.10 bits per heavy atom. The Morgan fingerprint density at radius 3 is 2.24 bits per heavy atom. The number of hydrogen-bond donors (Lipinski definition) is 0. The number of aliphatic imine (C=N–C) groups is 2. The van der Waals surface area contributed by atoms with Crippen LogP contribution in [0.15, 0.2) is 46.4 Å². The summed E-state index contributed by atoms with van der Waals surface area (Å²) in [5, 5.41) is 0. The molecule has 1 aromatic carbocycles. The summed E-state index contributed by atoms with van der Waals surface area (Å²) in [5.41, 5.74) is 5.92. The second-order valence-corrected chi connectivity index (χ2v) is 9.85. The van der Waals surface area contributed by atoms with Gasteiger partial charge in [0.1, 0.15) is 12.3 Å². The van der Waals surface area contributed by atoms with Gasteiger partial charge in [0.05, 0.1) is 23.1 Å². The van der Waals surface area contributed by atoms with Gasteiger partial charge in [0.2, 0.25) is 5.90 Å². The molecule has 1 aliphatic rings. The number of halogens is 2. The van der Waals surface area contributed by atoms with Crippen LogP contribution in [-0.4, -0.2) is 29.2 Å². The van der Waals surface area contributed by atoms with E-state index in [4.69, 9.17) is 39.9 Å². The predicted molar refractivity (Wildman–Crippen MR) is 119 cm³/mol. The van der Waals surface area contributed by atoms with Gasteiger partial charge in [-0.3, -0.25) is 4.99 Å². The first kappa shape index (κ1) is 23.9. The molecule has 2 aromatic rings. The van der Waals surface area contributed by atoms with Crippen molar-refractivity contribution >= 4 is 37.5 Å². The quantitative estimate of drug-likeness (QED) is 0.380. The maximum absolute atomic E-state index is 5.82. The van der Waals surface area contributed by atoms with Gasteiger partial charge in [-0.05, 0) is 49.4 Å². The van der Waals surface area contributed by atoms with Crippen molar-refractivity contribution < 1.29 is 17.9 Å². The molecule has 0 N–H and O–H groups in total. The van der Waals surface area contributed by atoms with Crippen molar-refractivity contribution in [1.82, 2.24) is 4.98 Å². The first-order chi connectivity index (χ1) is 13.7. The fourth-order valence-corrected chi connectivity index (χ4v) is 2.92. The number of nitrogens with zero attached hydrogens (tertiary/aromatic N) is 3. The van der Waals surface area contributed by atoms with Gasteiger partial charge in [0.25, 0.3) is 0 Å². The van der Waals surface area contributed by atoms with Gasteiger partial charge in [0, 0.05) is 0 Å². The van der Waals surface area contributed by atoms with Crippen LogP contribution < -0.4 is 0 Å². The second kappa shape index (κ2) is 10.6. The van der Waals surface area contributed by atoms with Crippen molar-refractivity contribution in [3.8, 4) is 0 Å². The number of hydrogen-bond acceptors (Lipinski definition) is 4. The fourth-order valence-electron chi connectivity index (χ4n) is 2.92. The monoisotopic (exact) mass is 475 g/mol. The summed E-state index contributed by atoms with van der Waals surface area (Å²) >= 11 is 0.194. The molecule has 7 heteroatoms. The van der Waals surface area contributed by atoms with Crippen LogP contribution in [0.1, 0.15) is 50.2 Å². The molecule has 0 unspecified atom stereocenters. The van der Waals surface area contributed by atoms with Crippen LogP contribution in [0, 0.1) is 19.3 Å². The van der Waals surface area contributed by atoms with Gasteiger partial charge < -0.3 is 4.74 Å². The normalized spacial score (nSPS) is 16.8. The van der Waals surface area contributed by atoms with Crippen molar-refractivity contribution in [3.63, 3.8) is 0 Å². The van der Waals surface area contributed by atoms with E-state index in [0.717, 1.165) is 33.9 Å². The Morgan fingerprint density at radius 2 is 1.69 bits per heavy atom. The minimum atomic E-state index is 0.0824. The van der Waals surface area contributed by atoms with Crippen LogP contribution >= 0.6 is 20.2 Å². The summed E-state index contributed by atoms with van der Waals surface area (Å²) in [5.74, 6) is 0.631. The Kier molecular flexibility index (Phi) is 8.72. The van der Waals surface area contributed by atoms with E-state index >= 15 is 0 Å². The van der Waals surface area contributed by atoms with Gasteiger partial charge in [-0.2, -0.15) is 0 Å². The molecule has 0 radical (unpaired) electrons. The van der Waals surface area contributed by atoms with Crippen molar-refractivity contribution in [2.45, 2.75) is 47.6 Å². The molecular formula is C22H27Cl2FeN3O. The molecule has 0 fully saturated rings. The Balaban J connectivity index is 0.000000941. The number of pyridine rings is 1. The molecule has 158 valence electrons. The SMILES string of the molecule is CC(=Nc1c(C)cccc1C)c1cccc(C2=N[C@@H](C(C)(C)C)CO2)n1.[Cl][Fe][Cl]. The Hall–Kier alpha value is -1.39. The van der Waals surface area contributed by atoms with E-state index in [9.17, 15) is 0 Å². The number of aryl methyl sites for hydroxylation is 2. The van der Waals surface area contributed by atoms with E-state index in [0.29, 0.717) is 12.5 Å². The molecule has 0 aliphatic carbocycles. The Labute approximate surface area is 188 Å². The van der Waals surface area contributed by atoms with Crippen molar-refractivity contribution in [1.29, 1.82) is 0 Å². The number of benzene rings is 1. The van der Waals surface area contributed by atoms with Crippen molar-refractivity contribution in [2.75, 3.05) is 6.61 Å². The summed E-state index contributed by atoms with van der Waals surface area (Å²) in [7, 11) is 9.53. The van der Waals surface area contributed by atoms with E-state index in [-0.39, 0.29) is 24.6 Å². The number of aromatic nitrogens is 1. The summed E-state index contributed by atoms with van der Waals surface area (Å²) in [6.07, 6.45) is 0. The molecule has 0 spiro atoms. The molecule has 2 heterocycles. The average molecular weight is 476 g/mol. The molecule has 0 bridgehead atoms. The zero-order chi connectivity index (χ0) is 21.6. The van der Waals surface area contributed by atoms with E-state index in [1.165, 1.54) is 0 Å². The van der Waals surface area contributed by atoms with E-state index in [1.807, 2.05) is 25.1 Å². The minimum absolute atomic E-state index is 0.0824. The molecule has 3 rings (SSSR count). The van der Waals surface area contributed by atoms with Crippen LogP contribution in [0.5, 0.6) is 0 Å². The van der Waals surface area contributed by atoms with Gasteiger partial charge in [-0.1, -0.05) is 45.0 Å². The molecular weight excluding hydrogens is 449 g/mol. The molecule has 29 heavy (non-hydrogen) atoms. The first-order valence-electron chi connectivity index (χ1n) is 9.32. The third-order valence-electron chi connectivity index (χ3n) is 4.71. The molecule has 1 aliphatic heterocycles. The van der Waals surface area contributed by atoms with Gasteiger partial charge in [-0.25, -0.2) is 9.98 Å². The van der Waals surface area contributed by atoms with Crippen LogP contribution in [0.25, 0.3) is 0 Å². The maximum atomic E-state index is 5.82. The molecule has 0 amide bonds. The molecule has 1 aromatic heterocycles. The van der Waals surface area contributed by atoms with Gasteiger partial charge >= 0.3 is 33.3 Å². The van der Waals surface area contributed by atoms with Crippen LogP contribution in [-0.2, 0) is 17.9 Å². The standard InChI is InChI=1S/C22H27N3O.2ClH.Fe/c1-14-9-7-10-15(2)20(14)23-16(3)17-11-8-12-18(24-17)21-25-19(13-26-21)22(4,5)6;;;/h7-12,19H,13H2,1-6H3;2*1H;/q;;;+2/p-2/t19-;;;/m1.../s1. The van der Waals surface area contributed by atoms with Crippen LogP contribution in [0.3, 0.4) is 0 Å². The number of rotatable bonds is 3. The predicted octanol–water partition coefficient (Wildman–Crippen LogP) is 6.41.